The Morgan fingerprint density at radius 2 is 1.61 bits per heavy atom. The van der Waals surface area contributed by atoms with Gasteiger partial charge in [0, 0.05) is 5.92 Å². The van der Waals surface area contributed by atoms with Crippen LogP contribution in [0.25, 0.3) is 0 Å². The Morgan fingerprint density at radius 1 is 1.11 bits per heavy atom. The molecular weight excluding hydrogens is 226 g/mol. The summed E-state index contributed by atoms with van der Waals surface area (Å²) in [6, 6.07) is -0.354. The van der Waals surface area contributed by atoms with Crippen molar-refractivity contribution in [2.24, 2.45) is 23.2 Å². The van der Waals surface area contributed by atoms with Crippen LogP contribution >= 0.6 is 0 Å². The Morgan fingerprint density at radius 3 is 2.00 bits per heavy atom. The van der Waals surface area contributed by atoms with E-state index < -0.39 is 0 Å². The summed E-state index contributed by atoms with van der Waals surface area (Å²) in [5.41, 5.74) is -0.207. The smallest absolute Gasteiger partial charge is 0.224 e. The number of Topliss-reactive ketones (excluding diaryl/α,β-unsaturated/α-hetero) is 1. The molecule has 1 N–H and O–H groups in total. The lowest BCUT2D eigenvalue weighted by atomic mass is 9.84. The Labute approximate surface area is 110 Å². The number of carbonyl (C=O) groups is 2. The van der Waals surface area contributed by atoms with Gasteiger partial charge >= 0.3 is 0 Å². The molecule has 2 aliphatic rings. The van der Waals surface area contributed by atoms with Crippen molar-refractivity contribution in [3.8, 4) is 0 Å². The van der Waals surface area contributed by atoms with E-state index in [0.29, 0.717) is 11.8 Å². The quantitative estimate of drug-likeness (QED) is 0.838. The van der Waals surface area contributed by atoms with Gasteiger partial charge in [0.1, 0.15) is 0 Å². The van der Waals surface area contributed by atoms with Crippen molar-refractivity contribution in [1.82, 2.24) is 5.32 Å². The van der Waals surface area contributed by atoms with Crippen molar-refractivity contribution >= 4 is 11.7 Å². The number of amides is 1. The molecule has 102 valence electrons. The molecule has 2 saturated carbocycles. The van der Waals surface area contributed by atoms with Crippen LogP contribution in [0.15, 0.2) is 0 Å². The lowest BCUT2D eigenvalue weighted by Gasteiger charge is -2.29. The molecule has 2 rings (SSSR count). The fraction of sp³-hybridized carbons (Fsp3) is 0.867. The summed E-state index contributed by atoms with van der Waals surface area (Å²) in [4.78, 5) is 23.9. The normalized spacial score (nSPS) is 32.3. The van der Waals surface area contributed by atoms with E-state index >= 15 is 0 Å². The van der Waals surface area contributed by atoms with Gasteiger partial charge in [-0.25, -0.2) is 0 Å². The first kappa shape index (κ1) is 13.6. The van der Waals surface area contributed by atoms with Gasteiger partial charge in [0.05, 0.1) is 6.04 Å². The van der Waals surface area contributed by atoms with Crippen molar-refractivity contribution in [3.05, 3.63) is 0 Å². The first-order valence-corrected chi connectivity index (χ1v) is 7.13. The number of rotatable bonds is 3. The van der Waals surface area contributed by atoms with Crippen LogP contribution in [0.1, 0.15) is 53.4 Å². The molecular formula is C15H25NO2. The standard InChI is InChI=1S/C15H25NO2/c1-9(17)13(15(2,3)4)16-14(18)12-10-7-5-6-8-11(10)12/h10-13H,5-8H2,1-4H3,(H,16,18)/t10?,11?,12?,13-/m1/s1. The van der Waals surface area contributed by atoms with Crippen LogP contribution in [-0.2, 0) is 9.59 Å². The van der Waals surface area contributed by atoms with Gasteiger partial charge in [0.2, 0.25) is 5.91 Å². The molecule has 0 aliphatic heterocycles. The van der Waals surface area contributed by atoms with Crippen molar-refractivity contribution in [2.75, 3.05) is 0 Å². The van der Waals surface area contributed by atoms with Crippen molar-refractivity contribution in [3.63, 3.8) is 0 Å². The second-order valence-electron chi connectivity index (χ2n) is 7.06. The highest BCUT2D eigenvalue weighted by molar-refractivity contribution is 5.90. The van der Waals surface area contributed by atoms with E-state index in [9.17, 15) is 9.59 Å². The van der Waals surface area contributed by atoms with Crippen molar-refractivity contribution in [1.29, 1.82) is 0 Å². The van der Waals surface area contributed by atoms with Gasteiger partial charge in [-0.2, -0.15) is 0 Å². The van der Waals surface area contributed by atoms with E-state index in [0.717, 1.165) is 0 Å². The number of nitrogens with one attached hydrogen (secondary N) is 1. The Kier molecular flexibility index (Phi) is 3.52. The van der Waals surface area contributed by atoms with Crippen molar-refractivity contribution in [2.45, 2.75) is 59.4 Å². The first-order valence-electron chi connectivity index (χ1n) is 7.13. The molecule has 0 spiro atoms. The van der Waals surface area contributed by atoms with E-state index in [1.807, 2.05) is 20.8 Å². The molecule has 0 aromatic heterocycles. The summed E-state index contributed by atoms with van der Waals surface area (Å²) in [5, 5.41) is 2.99. The van der Waals surface area contributed by atoms with E-state index in [4.69, 9.17) is 0 Å². The van der Waals surface area contributed by atoms with Crippen LogP contribution in [0.4, 0.5) is 0 Å². The maximum atomic E-state index is 12.3. The average molecular weight is 251 g/mol. The Hall–Kier alpha value is -0.860. The van der Waals surface area contributed by atoms with Crippen LogP contribution in [0.3, 0.4) is 0 Å². The molecule has 1 amide bonds. The summed E-state index contributed by atoms with van der Waals surface area (Å²) >= 11 is 0. The van der Waals surface area contributed by atoms with Gasteiger partial charge in [0.25, 0.3) is 0 Å². The second kappa shape index (κ2) is 4.67. The first-order chi connectivity index (χ1) is 8.32. The van der Waals surface area contributed by atoms with E-state index in [2.05, 4.69) is 5.32 Å². The molecule has 0 saturated heterocycles. The molecule has 3 atom stereocenters. The molecule has 2 aliphatic carbocycles. The Balaban J connectivity index is 1.96. The van der Waals surface area contributed by atoms with Gasteiger partial charge in [-0.15, -0.1) is 0 Å². The third-order valence-electron chi connectivity index (χ3n) is 4.52. The number of carbonyl (C=O) groups excluding carboxylic acids is 2. The van der Waals surface area contributed by atoms with Gasteiger partial charge in [-0.1, -0.05) is 33.6 Å². The highest BCUT2D eigenvalue weighted by Crippen LogP contribution is 2.55. The molecule has 2 unspecified atom stereocenters. The van der Waals surface area contributed by atoms with Crippen LogP contribution in [-0.4, -0.2) is 17.7 Å². The lowest BCUT2D eigenvalue weighted by molar-refractivity contribution is -0.130. The maximum Gasteiger partial charge on any atom is 0.224 e. The number of fused-ring (bicyclic) bond motifs is 1. The van der Waals surface area contributed by atoms with Crippen LogP contribution in [0.5, 0.6) is 0 Å². The SMILES string of the molecule is CC(=O)[C@@H](NC(=O)C1C2CCCCC21)C(C)(C)C. The van der Waals surface area contributed by atoms with Gasteiger partial charge in [-0.3, -0.25) is 9.59 Å². The highest BCUT2D eigenvalue weighted by Gasteiger charge is 2.55. The number of hydrogen-bond donors (Lipinski definition) is 1. The topological polar surface area (TPSA) is 46.2 Å². The number of ketones is 1. The molecule has 0 aromatic rings. The number of hydrogen-bond acceptors (Lipinski definition) is 2. The van der Waals surface area contributed by atoms with Crippen LogP contribution in [0.2, 0.25) is 0 Å². The Bertz CT molecular complexity index is 344. The zero-order chi connectivity index (χ0) is 13.5. The van der Waals surface area contributed by atoms with E-state index in [-0.39, 0.29) is 29.1 Å². The molecule has 0 bridgehead atoms. The highest BCUT2D eigenvalue weighted by atomic mass is 16.2. The summed E-state index contributed by atoms with van der Waals surface area (Å²) < 4.78 is 0. The predicted molar refractivity (Wildman–Crippen MR) is 71.0 cm³/mol. The minimum Gasteiger partial charge on any atom is -0.346 e. The van der Waals surface area contributed by atoms with Crippen LogP contribution < -0.4 is 5.32 Å². The minimum absolute atomic E-state index is 0.0551. The predicted octanol–water partition coefficient (Wildman–Crippen LogP) is 2.54. The maximum absolute atomic E-state index is 12.3. The van der Waals surface area contributed by atoms with E-state index in [1.165, 1.54) is 25.7 Å². The van der Waals surface area contributed by atoms with E-state index in [1.54, 1.807) is 6.92 Å². The lowest BCUT2D eigenvalue weighted by Crippen LogP contribution is -2.49. The summed E-state index contributed by atoms with van der Waals surface area (Å²) in [6.07, 6.45) is 4.92. The largest absolute Gasteiger partial charge is 0.346 e. The second-order valence-corrected chi connectivity index (χ2v) is 7.06. The molecule has 0 aromatic carbocycles. The zero-order valence-electron chi connectivity index (χ0n) is 12.0. The van der Waals surface area contributed by atoms with Gasteiger partial charge < -0.3 is 5.32 Å². The average Bonchev–Trinajstić information content (AvgIpc) is 2.97. The van der Waals surface area contributed by atoms with Crippen molar-refractivity contribution < 1.29 is 9.59 Å². The molecule has 0 heterocycles. The third kappa shape index (κ3) is 2.60. The molecule has 0 radical (unpaired) electrons. The molecule has 3 nitrogen and oxygen atoms in total. The fourth-order valence-electron chi connectivity index (χ4n) is 3.55. The fourth-order valence-corrected chi connectivity index (χ4v) is 3.55. The molecule has 3 heteroatoms. The van der Waals surface area contributed by atoms with Crippen LogP contribution in [0, 0.1) is 23.2 Å². The third-order valence-corrected chi connectivity index (χ3v) is 4.52. The zero-order valence-corrected chi connectivity index (χ0v) is 12.0. The summed E-state index contributed by atoms with van der Waals surface area (Å²) in [7, 11) is 0. The summed E-state index contributed by atoms with van der Waals surface area (Å²) in [6.45, 7) is 7.56. The summed E-state index contributed by atoms with van der Waals surface area (Å²) in [5.74, 6) is 1.57. The van der Waals surface area contributed by atoms with Gasteiger partial charge in [0.15, 0.2) is 5.78 Å². The minimum atomic E-state index is -0.354. The monoisotopic (exact) mass is 251 g/mol. The molecule has 18 heavy (non-hydrogen) atoms. The molecule has 2 fully saturated rings. The van der Waals surface area contributed by atoms with Gasteiger partial charge in [-0.05, 0) is 37.0 Å².